The van der Waals surface area contributed by atoms with E-state index in [0.29, 0.717) is 5.69 Å². The van der Waals surface area contributed by atoms with Gasteiger partial charge in [0.15, 0.2) is 0 Å². The number of fused-ring (bicyclic) bond motifs is 1. The molecule has 2 rings (SSSR count). The predicted molar refractivity (Wildman–Crippen MR) is 62.3 cm³/mol. The Bertz CT molecular complexity index is 525. The zero-order valence-corrected chi connectivity index (χ0v) is 9.49. The fourth-order valence-electron chi connectivity index (χ4n) is 1.41. The molecule has 4 heteroatoms. The molecule has 0 atom stereocenters. The van der Waals surface area contributed by atoms with Crippen molar-refractivity contribution in [3.63, 3.8) is 0 Å². The number of carbonyl (C=O) groups is 1. The minimum absolute atomic E-state index is 0.183. The van der Waals surface area contributed by atoms with Crippen LogP contribution >= 0.6 is 15.9 Å². The van der Waals surface area contributed by atoms with E-state index < -0.39 is 0 Å². The second kappa shape index (κ2) is 3.98. The molecule has 0 radical (unpaired) electrons. The van der Waals surface area contributed by atoms with Gasteiger partial charge in [-0.1, -0.05) is 28.1 Å². The van der Waals surface area contributed by atoms with Crippen LogP contribution in [0.5, 0.6) is 0 Å². The molecule has 0 aliphatic carbocycles. The van der Waals surface area contributed by atoms with E-state index in [2.05, 4.69) is 20.9 Å². The topological polar surface area (TPSA) is 56.0 Å². The average molecular weight is 265 g/mol. The first-order chi connectivity index (χ1) is 7.15. The summed E-state index contributed by atoms with van der Waals surface area (Å²) >= 11 is 3.38. The Morgan fingerprint density at radius 3 is 2.80 bits per heavy atom. The van der Waals surface area contributed by atoms with E-state index in [4.69, 9.17) is 5.73 Å². The van der Waals surface area contributed by atoms with Crippen molar-refractivity contribution < 1.29 is 4.79 Å². The number of hydrogen-bond donors (Lipinski definition) is 1. The van der Waals surface area contributed by atoms with E-state index in [0.717, 1.165) is 15.4 Å². The molecule has 15 heavy (non-hydrogen) atoms. The third-order valence-electron chi connectivity index (χ3n) is 2.07. The number of benzene rings is 1. The SMILES string of the molecule is NC(=O)Cc1ccc2ccc(Br)cc2n1. The highest BCUT2D eigenvalue weighted by molar-refractivity contribution is 9.10. The highest BCUT2D eigenvalue weighted by Crippen LogP contribution is 2.18. The summed E-state index contributed by atoms with van der Waals surface area (Å²) in [7, 11) is 0. The highest BCUT2D eigenvalue weighted by atomic mass is 79.9. The molecule has 0 saturated heterocycles. The van der Waals surface area contributed by atoms with E-state index in [1.54, 1.807) is 0 Å². The van der Waals surface area contributed by atoms with Crippen molar-refractivity contribution in [1.82, 2.24) is 4.98 Å². The van der Waals surface area contributed by atoms with Gasteiger partial charge >= 0.3 is 0 Å². The van der Waals surface area contributed by atoms with E-state index in [1.807, 2.05) is 30.3 Å². The van der Waals surface area contributed by atoms with Crippen LogP contribution in [0, 0.1) is 0 Å². The molecule has 0 aliphatic rings. The highest BCUT2D eigenvalue weighted by Gasteiger charge is 2.02. The third kappa shape index (κ3) is 2.33. The first kappa shape index (κ1) is 10.1. The maximum Gasteiger partial charge on any atom is 0.223 e. The van der Waals surface area contributed by atoms with Gasteiger partial charge in [0.25, 0.3) is 0 Å². The largest absolute Gasteiger partial charge is 0.369 e. The molecular weight excluding hydrogens is 256 g/mol. The second-order valence-corrected chi connectivity index (χ2v) is 4.20. The van der Waals surface area contributed by atoms with Gasteiger partial charge in [-0.2, -0.15) is 0 Å². The monoisotopic (exact) mass is 264 g/mol. The number of aromatic nitrogens is 1. The lowest BCUT2D eigenvalue weighted by Crippen LogP contribution is -2.14. The molecule has 0 spiro atoms. The standard InChI is InChI=1S/C11H9BrN2O/c12-8-3-1-7-2-4-9(6-11(13)15)14-10(7)5-8/h1-5H,6H2,(H2,13,15). The van der Waals surface area contributed by atoms with Gasteiger partial charge in [-0.3, -0.25) is 9.78 Å². The molecule has 0 aliphatic heterocycles. The van der Waals surface area contributed by atoms with E-state index in [1.165, 1.54) is 0 Å². The minimum Gasteiger partial charge on any atom is -0.369 e. The van der Waals surface area contributed by atoms with Gasteiger partial charge in [0.2, 0.25) is 5.91 Å². The summed E-state index contributed by atoms with van der Waals surface area (Å²) in [6.45, 7) is 0. The summed E-state index contributed by atoms with van der Waals surface area (Å²) in [5.41, 5.74) is 6.68. The van der Waals surface area contributed by atoms with Gasteiger partial charge in [0.05, 0.1) is 17.6 Å². The van der Waals surface area contributed by atoms with Crippen LogP contribution in [0.3, 0.4) is 0 Å². The van der Waals surface area contributed by atoms with Crippen molar-refractivity contribution in [3.05, 3.63) is 40.5 Å². The number of pyridine rings is 1. The maximum atomic E-state index is 10.7. The van der Waals surface area contributed by atoms with Crippen molar-refractivity contribution in [2.75, 3.05) is 0 Å². The van der Waals surface area contributed by atoms with E-state index in [-0.39, 0.29) is 12.3 Å². The lowest BCUT2D eigenvalue weighted by Gasteiger charge is -2.01. The van der Waals surface area contributed by atoms with Crippen LogP contribution in [0.15, 0.2) is 34.8 Å². The van der Waals surface area contributed by atoms with Crippen LogP contribution in [0.25, 0.3) is 10.9 Å². The van der Waals surface area contributed by atoms with Crippen LogP contribution in [-0.2, 0) is 11.2 Å². The quantitative estimate of drug-likeness (QED) is 0.903. The maximum absolute atomic E-state index is 10.7. The van der Waals surface area contributed by atoms with E-state index in [9.17, 15) is 4.79 Å². The molecule has 1 amide bonds. The molecule has 2 N–H and O–H groups in total. The van der Waals surface area contributed by atoms with Crippen molar-refractivity contribution in [1.29, 1.82) is 0 Å². The van der Waals surface area contributed by atoms with Gasteiger partial charge in [-0.05, 0) is 18.2 Å². The number of amides is 1. The number of nitrogens with zero attached hydrogens (tertiary/aromatic N) is 1. The van der Waals surface area contributed by atoms with Crippen LogP contribution in [-0.4, -0.2) is 10.9 Å². The second-order valence-electron chi connectivity index (χ2n) is 3.28. The molecule has 76 valence electrons. The van der Waals surface area contributed by atoms with Gasteiger partial charge < -0.3 is 5.73 Å². The lowest BCUT2D eigenvalue weighted by atomic mass is 10.2. The van der Waals surface area contributed by atoms with Crippen molar-refractivity contribution in [3.8, 4) is 0 Å². The molecule has 0 saturated carbocycles. The molecule has 3 nitrogen and oxygen atoms in total. The van der Waals surface area contributed by atoms with Crippen LogP contribution in [0.2, 0.25) is 0 Å². The van der Waals surface area contributed by atoms with Crippen molar-refractivity contribution >= 4 is 32.7 Å². The average Bonchev–Trinajstić information content (AvgIpc) is 2.16. The molecule has 0 fully saturated rings. The Hall–Kier alpha value is -1.42. The number of halogens is 1. The summed E-state index contributed by atoms with van der Waals surface area (Å²) in [6, 6.07) is 9.60. The van der Waals surface area contributed by atoms with Gasteiger partial charge in [0, 0.05) is 9.86 Å². The first-order valence-electron chi connectivity index (χ1n) is 4.48. The Kier molecular flexibility index (Phi) is 2.68. The molecule has 0 bridgehead atoms. The molecule has 2 aromatic rings. The number of rotatable bonds is 2. The van der Waals surface area contributed by atoms with Crippen LogP contribution in [0.1, 0.15) is 5.69 Å². The Morgan fingerprint density at radius 1 is 1.33 bits per heavy atom. The predicted octanol–water partition coefficient (Wildman–Crippen LogP) is 2.03. The molecule has 1 aromatic carbocycles. The minimum atomic E-state index is -0.364. The first-order valence-corrected chi connectivity index (χ1v) is 5.28. The van der Waals surface area contributed by atoms with Crippen LogP contribution < -0.4 is 5.73 Å². The number of primary amides is 1. The van der Waals surface area contributed by atoms with Crippen molar-refractivity contribution in [2.24, 2.45) is 5.73 Å². The Morgan fingerprint density at radius 2 is 2.07 bits per heavy atom. The zero-order chi connectivity index (χ0) is 10.8. The molecule has 0 unspecified atom stereocenters. The molecule has 1 heterocycles. The van der Waals surface area contributed by atoms with Crippen LogP contribution in [0.4, 0.5) is 0 Å². The molecular formula is C11H9BrN2O. The number of carbonyl (C=O) groups excluding carboxylic acids is 1. The third-order valence-corrected chi connectivity index (χ3v) is 2.56. The normalized spacial score (nSPS) is 10.5. The zero-order valence-electron chi connectivity index (χ0n) is 7.90. The number of nitrogens with two attached hydrogens (primary N) is 1. The van der Waals surface area contributed by atoms with E-state index >= 15 is 0 Å². The lowest BCUT2D eigenvalue weighted by molar-refractivity contribution is -0.117. The summed E-state index contributed by atoms with van der Waals surface area (Å²) in [5, 5.41) is 1.05. The smallest absolute Gasteiger partial charge is 0.223 e. The summed E-state index contributed by atoms with van der Waals surface area (Å²) in [4.78, 5) is 15.1. The summed E-state index contributed by atoms with van der Waals surface area (Å²) in [5.74, 6) is -0.364. The summed E-state index contributed by atoms with van der Waals surface area (Å²) in [6.07, 6.45) is 0.183. The summed E-state index contributed by atoms with van der Waals surface area (Å²) < 4.78 is 0.971. The Labute approximate surface area is 95.4 Å². The van der Waals surface area contributed by atoms with Gasteiger partial charge in [-0.15, -0.1) is 0 Å². The number of hydrogen-bond acceptors (Lipinski definition) is 2. The van der Waals surface area contributed by atoms with Crippen molar-refractivity contribution in [2.45, 2.75) is 6.42 Å². The Balaban J connectivity index is 2.49. The van der Waals surface area contributed by atoms with Gasteiger partial charge in [0.1, 0.15) is 0 Å². The fourth-order valence-corrected chi connectivity index (χ4v) is 1.76. The fraction of sp³-hybridized carbons (Fsp3) is 0.0909. The molecule has 1 aromatic heterocycles. The van der Waals surface area contributed by atoms with Gasteiger partial charge in [-0.25, -0.2) is 0 Å².